The van der Waals surface area contributed by atoms with E-state index in [-0.39, 0.29) is 0 Å². The van der Waals surface area contributed by atoms with E-state index in [4.69, 9.17) is 0 Å². The van der Waals surface area contributed by atoms with E-state index in [1.165, 1.54) is 16.1 Å². The third-order valence-electron chi connectivity index (χ3n) is 3.28. The van der Waals surface area contributed by atoms with Crippen molar-refractivity contribution in [3.8, 4) is 0 Å². The number of hydrogen-bond donors (Lipinski definition) is 1. The Morgan fingerprint density at radius 2 is 2.16 bits per heavy atom. The van der Waals surface area contributed by atoms with Crippen LogP contribution in [0.5, 0.6) is 0 Å². The largest absolute Gasteiger partial charge is 0.369 e. The number of nitrogens with zero attached hydrogens (tertiary/aromatic N) is 1. The van der Waals surface area contributed by atoms with E-state index in [9.17, 15) is 0 Å². The Labute approximate surface area is 127 Å². The van der Waals surface area contributed by atoms with Crippen LogP contribution in [0.2, 0.25) is 0 Å². The molecule has 1 unspecified atom stereocenters. The third kappa shape index (κ3) is 3.59. The average molecular weight is 339 g/mol. The first-order valence-electron chi connectivity index (χ1n) is 6.32. The fourth-order valence-corrected chi connectivity index (χ4v) is 3.20. The first-order valence-corrected chi connectivity index (χ1v) is 7.99. The van der Waals surface area contributed by atoms with Gasteiger partial charge in [-0.25, -0.2) is 0 Å². The minimum Gasteiger partial charge on any atom is -0.369 e. The summed E-state index contributed by atoms with van der Waals surface area (Å²) in [6, 6.07) is 11.1. The molecule has 0 amide bonds. The zero-order valence-corrected chi connectivity index (χ0v) is 13.9. The molecule has 0 radical (unpaired) electrons. The van der Waals surface area contributed by atoms with Crippen LogP contribution in [0.4, 0.5) is 5.69 Å². The van der Waals surface area contributed by atoms with Crippen LogP contribution in [0, 0.1) is 0 Å². The molecule has 0 aliphatic heterocycles. The van der Waals surface area contributed by atoms with Crippen LogP contribution < -0.4 is 10.2 Å². The monoisotopic (exact) mass is 338 g/mol. The summed E-state index contributed by atoms with van der Waals surface area (Å²) in [6.45, 7) is 3.13. The highest BCUT2D eigenvalue weighted by atomic mass is 79.9. The summed E-state index contributed by atoms with van der Waals surface area (Å²) in [7, 11) is 4.14. The molecule has 0 aliphatic rings. The van der Waals surface area contributed by atoms with Crippen molar-refractivity contribution in [2.75, 3.05) is 19.0 Å². The van der Waals surface area contributed by atoms with Crippen molar-refractivity contribution in [1.82, 2.24) is 5.32 Å². The first kappa shape index (κ1) is 14.6. The predicted molar refractivity (Wildman–Crippen MR) is 88.0 cm³/mol. The Morgan fingerprint density at radius 3 is 2.79 bits per heavy atom. The van der Waals surface area contributed by atoms with Gasteiger partial charge in [-0.2, -0.15) is 0 Å². The summed E-state index contributed by atoms with van der Waals surface area (Å²) in [6.07, 6.45) is 0. The van der Waals surface area contributed by atoms with Gasteiger partial charge in [-0.1, -0.05) is 28.1 Å². The topological polar surface area (TPSA) is 15.3 Å². The Bertz CT molecular complexity index is 525. The van der Waals surface area contributed by atoms with Crippen LogP contribution >= 0.6 is 27.3 Å². The quantitative estimate of drug-likeness (QED) is 0.867. The number of benzene rings is 1. The van der Waals surface area contributed by atoms with Gasteiger partial charge in [-0.15, -0.1) is 11.3 Å². The lowest BCUT2D eigenvalue weighted by atomic mass is 10.1. The van der Waals surface area contributed by atoms with Crippen LogP contribution in [-0.2, 0) is 6.54 Å². The molecule has 1 atom stereocenters. The van der Waals surface area contributed by atoms with Crippen LogP contribution in [0.25, 0.3) is 0 Å². The number of halogens is 1. The summed E-state index contributed by atoms with van der Waals surface area (Å²) < 4.78 is 1.12. The summed E-state index contributed by atoms with van der Waals surface area (Å²) in [5, 5.41) is 5.44. The molecule has 0 saturated carbocycles. The van der Waals surface area contributed by atoms with Crippen molar-refractivity contribution in [3.63, 3.8) is 0 Å². The van der Waals surface area contributed by atoms with Crippen LogP contribution in [-0.4, -0.2) is 14.1 Å². The number of nitrogens with one attached hydrogen (secondary N) is 1. The second-order valence-electron chi connectivity index (χ2n) is 4.65. The van der Waals surface area contributed by atoms with Gasteiger partial charge >= 0.3 is 0 Å². The van der Waals surface area contributed by atoms with Crippen molar-refractivity contribution in [2.24, 2.45) is 0 Å². The molecule has 2 aromatic rings. The molecule has 0 saturated heterocycles. The Hall–Kier alpha value is -0.840. The van der Waals surface area contributed by atoms with Crippen molar-refractivity contribution in [3.05, 3.63) is 50.6 Å². The highest BCUT2D eigenvalue weighted by Gasteiger charge is 2.13. The molecule has 0 bridgehead atoms. The molecule has 1 N–H and O–H groups in total. The SMILES string of the molecule is CNC(C)c1ccc(Br)cc1N(C)Cc1cccs1. The fraction of sp³-hybridized carbons (Fsp3) is 0.333. The second-order valence-corrected chi connectivity index (χ2v) is 6.60. The molecule has 0 spiro atoms. The lowest BCUT2D eigenvalue weighted by Gasteiger charge is -2.25. The van der Waals surface area contributed by atoms with E-state index >= 15 is 0 Å². The molecule has 0 aliphatic carbocycles. The summed E-state index contributed by atoms with van der Waals surface area (Å²) in [5.74, 6) is 0. The zero-order valence-electron chi connectivity index (χ0n) is 11.5. The van der Waals surface area contributed by atoms with Gasteiger partial charge in [0.05, 0.1) is 6.54 Å². The molecular weight excluding hydrogens is 320 g/mol. The number of hydrogen-bond acceptors (Lipinski definition) is 3. The van der Waals surface area contributed by atoms with E-state index in [1.807, 2.05) is 7.05 Å². The van der Waals surface area contributed by atoms with Gasteiger partial charge in [0.15, 0.2) is 0 Å². The number of thiophene rings is 1. The van der Waals surface area contributed by atoms with Crippen molar-refractivity contribution in [1.29, 1.82) is 0 Å². The van der Waals surface area contributed by atoms with Crippen molar-refractivity contribution >= 4 is 33.0 Å². The lowest BCUT2D eigenvalue weighted by Crippen LogP contribution is -2.21. The minimum atomic E-state index is 0.342. The standard InChI is InChI=1S/C15H19BrN2S/c1-11(17-2)14-7-6-12(16)9-15(14)18(3)10-13-5-4-8-19-13/h4-9,11,17H,10H2,1-3H3. The highest BCUT2D eigenvalue weighted by Crippen LogP contribution is 2.30. The van der Waals surface area contributed by atoms with Crippen LogP contribution in [0.1, 0.15) is 23.4 Å². The van der Waals surface area contributed by atoms with Gasteiger partial charge in [0.2, 0.25) is 0 Å². The van der Waals surface area contributed by atoms with E-state index < -0.39 is 0 Å². The number of anilines is 1. The van der Waals surface area contributed by atoms with Crippen molar-refractivity contribution < 1.29 is 0 Å². The molecule has 4 heteroatoms. The lowest BCUT2D eigenvalue weighted by molar-refractivity contribution is 0.649. The molecule has 1 heterocycles. The smallest absolute Gasteiger partial charge is 0.0519 e. The number of rotatable bonds is 5. The van der Waals surface area contributed by atoms with Gasteiger partial charge in [0.1, 0.15) is 0 Å². The second kappa shape index (κ2) is 6.55. The maximum absolute atomic E-state index is 3.57. The predicted octanol–water partition coefficient (Wildman–Crippen LogP) is 4.43. The zero-order chi connectivity index (χ0) is 13.8. The van der Waals surface area contributed by atoms with Crippen molar-refractivity contribution in [2.45, 2.75) is 19.5 Å². The van der Waals surface area contributed by atoms with E-state index in [0.717, 1.165) is 11.0 Å². The van der Waals surface area contributed by atoms with Gasteiger partial charge in [0.25, 0.3) is 0 Å². The molecule has 19 heavy (non-hydrogen) atoms. The van der Waals surface area contributed by atoms with Gasteiger partial charge in [0, 0.05) is 28.1 Å². The molecule has 102 valence electrons. The fourth-order valence-electron chi connectivity index (χ4n) is 2.09. The Kier molecular flexibility index (Phi) is 5.02. The normalized spacial score (nSPS) is 12.4. The third-order valence-corrected chi connectivity index (χ3v) is 4.63. The summed E-state index contributed by atoms with van der Waals surface area (Å²) in [4.78, 5) is 3.69. The molecule has 2 nitrogen and oxygen atoms in total. The average Bonchev–Trinajstić information content (AvgIpc) is 2.90. The van der Waals surface area contributed by atoms with E-state index in [2.05, 4.69) is 75.8 Å². The molecular formula is C15H19BrN2S. The summed E-state index contributed by atoms with van der Waals surface area (Å²) >= 11 is 5.37. The summed E-state index contributed by atoms with van der Waals surface area (Å²) in [5.41, 5.74) is 2.59. The highest BCUT2D eigenvalue weighted by molar-refractivity contribution is 9.10. The van der Waals surface area contributed by atoms with Crippen LogP contribution in [0.3, 0.4) is 0 Å². The van der Waals surface area contributed by atoms with E-state index in [0.29, 0.717) is 6.04 Å². The minimum absolute atomic E-state index is 0.342. The molecule has 0 fully saturated rings. The van der Waals surface area contributed by atoms with Gasteiger partial charge in [-0.05, 0) is 43.1 Å². The van der Waals surface area contributed by atoms with Gasteiger partial charge in [-0.3, -0.25) is 0 Å². The van der Waals surface area contributed by atoms with Crippen LogP contribution in [0.15, 0.2) is 40.2 Å². The van der Waals surface area contributed by atoms with E-state index in [1.54, 1.807) is 11.3 Å². The Balaban J connectivity index is 2.28. The maximum Gasteiger partial charge on any atom is 0.0519 e. The molecule has 1 aromatic carbocycles. The first-order chi connectivity index (χ1) is 9.11. The molecule has 1 aromatic heterocycles. The maximum atomic E-state index is 3.57. The Morgan fingerprint density at radius 1 is 1.37 bits per heavy atom. The molecule has 2 rings (SSSR count). The van der Waals surface area contributed by atoms with Gasteiger partial charge < -0.3 is 10.2 Å².